The van der Waals surface area contributed by atoms with Crippen LogP contribution in [-0.4, -0.2) is 31.2 Å². The summed E-state index contributed by atoms with van der Waals surface area (Å²) in [6.45, 7) is 5.77. The van der Waals surface area contributed by atoms with E-state index in [1.54, 1.807) is 30.3 Å². The molecular weight excluding hydrogens is 348 g/mol. The summed E-state index contributed by atoms with van der Waals surface area (Å²) in [6.07, 6.45) is 0.787. The molecule has 0 bridgehead atoms. The van der Waals surface area contributed by atoms with Gasteiger partial charge < -0.3 is 5.32 Å². The van der Waals surface area contributed by atoms with Gasteiger partial charge in [0.1, 0.15) is 0 Å². The summed E-state index contributed by atoms with van der Waals surface area (Å²) in [5.74, 6) is -0.300. The maximum Gasteiger partial charge on any atom is 0.243 e. The fourth-order valence-electron chi connectivity index (χ4n) is 2.45. The first-order valence-electron chi connectivity index (χ1n) is 8.73. The Morgan fingerprint density at radius 2 is 1.69 bits per heavy atom. The van der Waals surface area contributed by atoms with Gasteiger partial charge in [0.2, 0.25) is 15.9 Å². The van der Waals surface area contributed by atoms with Crippen molar-refractivity contribution in [1.29, 1.82) is 0 Å². The minimum atomic E-state index is -3.77. The molecule has 0 aliphatic carbocycles. The molecule has 0 fully saturated rings. The number of carbonyl (C=O) groups excluding carboxylic acids is 1. The highest BCUT2D eigenvalue weighted by Crippen LogP contribution is 2.18. The van der Waals surface area contributed by atoms with Gasteiger partial charge in [0.15, 0.2) is 0 Å². The predicted octanol–water partition coefficient (Wildman–Crippen LogP) is 3.10. The molecule has 5 nitrogen and oxygen atoms in total. The van der Waals surface area contributed by atoms with Crippen LogP contribution in [0.1, 0.15) is 31.4 Å². The van der Waals surface area contributed by atoms with Gasteiger partial charge in [0.25, 0.3) is 0 Å². The minimum Gasteiger partial charge on any atom is -0.353 e. The third kappa shape index (κ3) is 5.41. The Labute approximate surface area is 156 Å². The molecule has 0 saturated heterocycles. The fraction of sp³-hybridized carbons (Fsp3) is 0.350. The second kappa shape index (κ2) is 8.96. The smallest absolute Gasteiger partial charge is 0.243 e. The van der Waals surface area contributed by atoms with Crippen molar-refractivity contribution < 1.29 is 13.2 Å². The number of aryl methyl sites for hydroxylation is 1. The highest BCUT2D eigenvalue weighted by Gasteiger charge is 2.27. The van der Waals surface area contributed by atoms with Gasteiger partial charge in [-0.2, -0.15) is 4.31 Å². The number of benzene rings is 2. The average molecular weight is 375 g/mol. The van der Waals surface area contributed by atoms with Gasteiger partial charge in [0, 0.05) is 12.6 Å². The summed E-state index contributed by atoms with van der Waals surface area (Å²) < 4.78 is 27.3. The molecule has 6 heteroatoms. The summed E-state index contributed by atoms with van der Waals surface area (Å²) in [7, 11) is -3.77. The Balaban J connectivity index is 2.28. The van der Waals surface area contributed by atoms with Crippen LogP contribution in [0.25, 0.3) is 0 Å². The molecule has 0 radical (unpaired) electrons. The van der Waals surface area contributed by atoms with Gasteiger partial charge in [-0.05, 0) is 38.0 Å². The van der Waals surface area contributed by atoms with Crippen LogP contribution < -0.4 is 5.32 Å². The minimum absolute atomic E-state index is 0.00292. The molecular formula is C20H26N2O3S. The number of amides is 1. The number of nitrogens with one attached hydrogen (secondary N) is 1. The zero-order valence-electron chi connectivity index (χ0n) is 15.5. The maximum absolute atomic E-state index is 13.0. The van der Waals surface area contributed by atoms with E-state index < -0.39 is 10.0 Å². The van der Waals surface area contributed by atoms with E-state index in [9.17, 15) is 13.2 Å². The monoisotopic (exact) mass is 374 g/mol. The lowest BCUT2D eigenvalue weighted by Gasteiger charge is -2.23. The van der Waals surface area contributed by atoms with E-state index in [4.69, 9.17) is 0 Å². The van der Waals surface area contributed by atoms with E-state index in [0.717, 1.165) is 17.5 Å². The van der Waals surface area contributed by atoms with Crippen LogP contribution in [0.15, 0.2) is 59.5 Å². The maximum atomic E-state index is 13.0. The molecule has 1 amide bonds. The lowest BCUT2D eigenvalue weighted by atomic mass is 10.1. The molecule has 2 aromatic rings. The van der Waals surface area contributed by atoms with Crippen LogP contribution in [0.2, 0.25) is 0 Å². The lowest BCUT2D eigenvalue weighted by molar-refractivity contribution is -0.122. The first-order valence-corrected chi connectivity index (χ1v) is 10.2. The van der Waals surface area contributed by atoms with Crippen molar-refractivity contribution in [2.24, 2.45) is 0 Å². The van der Waals surface area contributed by atoms with Crippen LogP contribution in [0, 0.1) is 6.92 Å². The Bertz CT molecular complexity index is 818. The zero-order chi connectivity index (χ0) is 19.2. The van der Waals surface area contributed by atoms with Gasteiger partial charge in [0.05, 0.1) is 11.4 Å². The second-order valence-corrected chi connectivity index (χ2v) is 8.39. The number of sulfonamides is 1. The zero-order valence-corrected chi connectivity index (χ0v) is 16.3. The molecule has 1 atom stereocenters. The van der Waals surface area contributed by atoms with Crippen LogP contribution in [0.3, 0.4) is 0 Å². The quantitative estimate of drug-likeness (QED) is 0.772. The normalized spacial score (nSPS) is 12.8. The molecule has 26 heavy (non-hydrogen) atoms. The largest absolute Gasteiger partial charge is 0.353 e. The number of nitrogens with zero attached hydrogens (tertiary/aromatic N) is 1. The average Bonchev–Trinajstić information content (AvgIpc) is 2.63. The second-order valence-electron chi connectivity index (χ2n) is 6.45. The molecule has 1 N–H and O–H groups in total. The predicted molar refractivity (Wildman–Crippen MR) is 103 cm³/mol. The fourth-order valence-corrected chi connectivity index (χ4v) is 3.85. The van der Waals surface area contributed by atoms with E-state index in [0.29, 0.717) is 0 Å². The van der Waals surface area contributed by atoms with Crippen LogP contribution in [-0.2, 0) is 21.4 Å². The summed E-state index contributed by atoms with van der Waals surface area (Å²) >= 11 is 0. The van der Waals surface area contributed by atoms with E-state index in [2.05, 4.69) is 5.32 Å². The molecule has 2 aromatic carbocycles. The van der Waals surface area contributed by atoms with Crippen molar-refractivity contribution in [3.8, 4) is 0 Å². The van der Waals surface area contributed by atoms with E-state index in [-0.39, 0.29) is 29.9 Å². The number of rotatable bonds is 8. The first kappa shape index (κ1) is 20.1. The Morgan fingerprint density at radius 1 is 1.08 bits per heavy atom. The molecule has 140 valence electrons. The third-order valence-corrected chi connectivity index (χ3v) is 6.01. The molecule has 2 rings (SSSR count). The summed E-state index contributed by atoms with van der Waals surface area (Å²) in [5.41, 5.74) is 1.94. The number of hydrogen-bond acceptors (Lipinski definition) is 3. The van der Waals surface area contributed by atoms with Gasteiger partial charge in [-0.25, -0.2) is 8.42 Å². The van der Waals surface area contributed by atoms with Crippen molar-refractivity contribution in [3.63, 3.8) is 0 Å². The van der Waals surface area contributed by atoms with Crippen molar-refractivity contribution in [2.45, 2.75) is 44.7 Å². The molecule has 0 heterocycles. The molecule has 0 aromatic heterocycles. The van der Waals surface area contributed by atoms with Gasteiger partial charge in [-0.15, -0.1) is 0 Å². The van der Waals surface area contributed by atoms with Gasteiger partial charge in [-0.1, -0.05) is 55.0 Å². The number of carbonyl (C=O) groups is 1. The van der Waals surface area contributed by atoms with Crippen molar-refractivity contribution >= 4 is 15.9 Å². The topological polar surface area (TPSA) is 66.5 Å². The van der Waals surface area contributed by atoms with E-state index in [1.165, 1.54) is 4.31 Å². The SMILES string of the molecule is CCC(C)NC(=O)CN(Cc1ccc(C)cc1)S(=O)(=O)c1ccccc1. The lowest BCUT2D eigenvalue weighted by Crippen LogP contribution is -2.43. The van der Waals surface area contributed by atoms with Crippen LogP contribution in [0.4, 0.5) is 0 Å². The van der Waals surface area contributed by atoms with Crippen LogP contribution in [0.5, 0.6) is 0 Å². The number of hydrogen-bond donors (Lipinski definition) is 1. The first-order chi connectivity index (χ1) is 12.3. The van der Waals surface area contributed by atoms with Gasteiger partial charge in [-0.3, -0.25) is 4.79 Å². The highest BCUT2D eigenvalue weighted by molar-refractivity contribution is 7.89. The van der Waals surface area contributed by atoms with Crippen molar-refractivity contribution in [1.82, 2.24) is 9.62 Å². The van der Waals surface area contributed by atoms with E-state index >= 15 is 0 Å². The Morgan fingerprint density at radius 3 is 2.27 bits per heavy atom. The Kier molecular flexibility index (Phi) is 6.94. The molecule has 0 aliphatic rings. The third-order valence-electron chi connectivity index (χ3n) is 4.20. The summed E-state index contributed by atoms with van der Waals surface area (Å²) in [6, 6.07) is 15.8. The summed E-state index contributed by atoms with van der Waals surface area (Å²) in [4.78, 5) is 12.5. The Hall–Kier alpha value is -2.18. The highest BCUT2D eigenvalue weighted by atomic mass is 32.2. The molecule has 0 aliphatic heterocycles. The molecule has 0 spiro atoms. The molecule has 0 saturated carbocycles. The molecule has 1 unspecified atom stereocenters. The summed E-state index contributed by atoms with van der Waals surface area (Å²) in [5, 5.41) is 2.83. The standard InChI is InChI=1S/C20H26N2O3S/c1-4-17(3)21-20(23)15-22(14-18-12-10-16(2)11-13-18)26(24,25)19-8-6-5-7-9-19/h5-13,17H,4,14-15H2,1-3H3,(H,21,23). The van der Waals surface area contributed by atoms with Crippen molar-refractivity contribution in [2.75, 3.05) is 6.54 Å². The van der Waals surface area contributed by atoms with Crippen molar-refractivity contribution in [3.05, 3.63) is 65.7 Å². The van der Waals surface area contributed by atoms with E-state index in [1.807, 2.05) is 45.0 Å². The van der Waals surface area contributed by atoms with Crippen LogP contribution >= 0.6 is 0 Å². The van der Waals surface area contributed by atoms with Gasteiger partial charge >= 0.3 is 0 Å².